The second-order valence-corrected chi connectivity index (χ2v) is 5.77. The molecule has 1 N–H and O–H groups in total. The Kier molecular flexibility index (Phi) is 5.01. The molecule has 0 bridgehead atoms. The van der Waals surface area contributed by atoms with Crippen molar-refractivity contribution >= 4 is 29.0 Å². The number of Topliss-reactive ketones (excluding diaryl/α,β-unsaturated/α-hetero) is 1. The van der Waals surface area contributed by atoms with Crippen LogP contribution in [0.2, 0.25) is 5.02 Å². The van der Waals surface area contributed by atoms with E-state index in [0.29, 0.717) is 41.0 Å². The Balaban J connectivity index is 1.54. The van der Waals surface area contributed by atoms with Crippen molar-refractivity contribution in [2.45, 2.75) is 12.8 Å². The summed E-state index contributed by atoms with van der Waals surface area (Å²) in [5.41, 5.74) is 1.16. The Hall–Kier alpha value is -2.53. The highest BCUT2D eigenvalue weighted by Gasteiger charge is 2.14. The van der Waals surface area contributed by atoms with Crippen molar-refractivity contribution in [2.24, 2.45) is 0 Å². The predicted octanol–water partition coefficient (Wildman–Crippen LogP) is 3.71. The van der Waals surface area contributed by atoms with E-state index in [1.165, 1.54) is 0 Å². The number of rotatable bonds is 5. The van der Waals surface area contributed by atoms with E-state index in [0.717, 1.165) is 0 Å². The van der Waals surface area contributed by atoms with Gasteiger partial charge in [0.2, 0.25) is 5.91 Å². The van der Waals surface area contributed by atoms with E-state index in [1.807, 2.05) is 0 Å². The minimum atomic E-state index is -0.228. The molecule has 0 atom stereocenters. The molecule has 0 radical (unpaired) electrons. The number of fused-ring (bicyclic) bond motifs is 1. The molecule has 1 amide bonds. The zero-order chi connectivity index (χ0) is 16.9. The largest absolute Gasteiger partial charge is 0.486 e. The quantitative estimate of drug-likeness (QED) is 0.839. The van der Waals surface area contributed by atoms with Gasteiger partial charge in [0, 0.05) is 35.2 Å². The van der Waals surface area contributed by atoms with Gasteiger partial charge in [-0.1, -0.05) is 11.6 Å². The summed E-state index contributed by atoms with van der Waals surface area (Å²) < 4.78 is 10.9. The third-order valence-electron chi connectivity index (χ3n) is 3.57. The van der Waals surface area contributed by atoms with E-state index in [-0.39, 0.29) is 24.5 Å². The van der Waals surface area contributed by atoms with Gasteiger partial charge in [0.15, 0.2) is 17.3 Å². The molecule has 0 aliphatic carbocycles. The van der Waals surface area contributed by atoms with Gasteiger partial charge >= 0.3 is 0 Å². The molecule has 0 fully saturated rings. The zero-order valence-electron chi connectivity index (χ0n) is 12.9. The molecule has 124 valence electrons. The average molecular weight is 346 g/mol. The lowest BCUT2D eigenvalue weighted by atomic mass is 10.1. The van der Waals surface area contributed by atoms with Crippen molar-refractivity contribution in [3.05, 3.63) is 53.1 Å². The maximum atomic E-state index is 12.0. The number of amides is 1. The van der Waals surface area contributed by atoms with Crippen LogP contribution in [0.1, 0.15) is 23.2 Å². The molecule has 0 saturated carbocycles. The number of benzene rings is 2. The predicted molar refractivity (Wildman–Crippen MR) is 91.1 cm³/mol. The number of anilines is 1. The Labute approximate surface area is 144 Å². The van der Waals surface area contributed by atoms with Crippen LogP contribution >= 0.6 is 11.6 Å². The second kappa shape index (κ2) is 7.36. The standard InChI is InChI=1S/C18H16ClNO4/c19-13-3-1-12(2-4-13)15(21)6-8-18(22)20-14-5-7-16-17(11-14)24-10-9-23-16/h1-5,7,11H,6,8-10H2,(H,20,22). The fourth-order valence-corrected chi connectivity index (χ4v) is 2.48. The first kappa shape index (κ1) is 16.3. The number of ketones is 1. The molecule has 6 heteroatoms. The van der Waals surface area contributed by atoms with Crippen LogP contribution < -0.4 is 14.8 Å². The van der Waals surface area contributed by atoms with Crippen molar-refractivity contribution in [1.29, 1.82) is 0 Å². The van der Waals surface area contributed by atoms with Crippen molar-refractivity contribution in [3.8, 4) is 11.5 Å². The van der Waals surface area contributed by atoms with Gasteiger partial charge < -0.3 is 14.8 Å². The van der Waals surface area contributed by atoms with E-state index in [2.05, 4.69) is 5.32 Å². The number of hydrogen-bond acceptors (Lipinski definition) is 4. The van der Waals surface area contributed by atoms with Crippen LogP contribution in [-0.2, 0) is 4.79 Å². The maximum absolute atomic E-state index is 12.0. The first-order chi connectivity index (χ1) is 11.6. The normalized spacial score (nSPS) is 12.5. The molecular weight excluding hydrogens is 330 g/mol. The lowest BCUT2D eigenvalue weighted by Gasteiger charge is -2.19. The van der Waals surface area contributed by atoms with Crippen LogP contribution in [0.25, 0.3) is 0 Å². The molecule has 1 aliphatic heterocycles. The summed E-state index contributed by atoms with van der Waals surface area (Å²) in [4.78, 5) is 24.1. The van der Waals surface area contributed by atoms with Gasteiger partial charge in [-0.3, -0.25) is 9.59 Å². The van der Waals surface area contributed by atoms with Gasteiger partial charge in [-0.15, -0.1) is 0 Å². The Bertz CT molecular complexity index is 758. The highest BCUT2D eigenvalue weighted by molar-refractivity contribution is 6.30. The maximum Gasteiger partial charge on any atom is 0.224 e. The summed E-state index contributed by atoms with van der Waals surface area (Å²) in [6, 6.07) is 11.8. The summed E-state index contributed by atoms with van der Waals surface area (Å²) in [6.07, 6.45) is 0.244. The van der Waals surface area contributed by atoms with Crippen LogP contribution in [-0.4, -0.2) is 24.9 Å². The third kappa shape index (κ3) is 4.06. The molecule has 24 heavy (non-hydrogen) atoms. The fourth-order valence-electron chi connectivity index (χ4n) is 2.35. The molecule has 0 saturated heterocycles. The van der Waals surface area contributed by atoms with Gasteiger partial charge in [-0.25, -0.2) is 0 Å². The zero-order valence-corrected chi connectivity index (χ0v) is 13.6. The molecule has 5 nitrogen and oxygen atoms in total. The summed E-state index contributed by atoms with van der Waals surface area (Å²) in [6.45, 7) is 1.01. The summed E-state index contributed by atoms with van der Waals surface area (Å²) in [7, 11) is 0. The smallest absolute Gasteiger partial charge is 0.224 e. The van der Waals surface area contributed by atoms with Gasteiger partial charge in [0.05, 0.1) is 0 Å². The topological polar surface area (TPSA) is 64.6 Å². The minimum Gasteiger partial charge on any atom is -0.486 e. The molecule has 1 aliphatic rings. The van der Waals surface area contributed by atoms with E-state index < -0.39 is 0 Å². The Morgan fingerprint density at radius 1 is 0.958 bits per heavy atom. The SMILES string of the molecule is O=C(CCC(=O)c1ccc(Cl)cc1)Nc1ccc2c(c1)OCCO2. The number of carbonyl (C=O) groups excluding carboxylic acids is 2. The van der Waals surface area contributed by atoms with Crippen LogP contribution in [0.4, 0.5) is 5.69 Å². The van der Waals surface area contributed by atoms with Crippen molar-refractivity contribution in [2.75, 3.05) is 18.5 Å². The Morgan fingerprint density at radius 3 is 2.42 bits per heavy atom. The molecule has 3 rings (SSSR count). The number of halogens is 1. The number of hydrogen-bond donors (Lipinski definition) is 1. The summed E-state index contributed by atoms with van der Waals surface area (Å²) in [5, 5.41) is 3.33. The van der Waals surface area contributed by atoms with Crippen LogP contribution in [0.15, 0.2) is 42.5 Å². The van der Waals surface area contributed by atoms with E-state index in [9.17, 15) is 9.59 Å². The summed E-state index contributed by atoms with van der Waals surface area (Å²) >= 11 is 5.79. The van der Waals surface area contributed by atoms with Crippen molar-refractivity contribution in [3.63, 3.8) is 0 Å². The minimum absolute atomic E-state index is 0.0935. The Morgan fingerprint density at radius 2 is 1.67 bits per heavy atom. The molecule has 0 aromatic heterocycles. The second-order valence-electron chi connectivity index (χ2n) is 5.34. The number of nitrogens with one attached hydrogen (secondary N) is 1. The van der Waals surface area contributed by atoms with Crippen LogP contribution in [0, 0.1) is 0 Å². The molecule has 1 heterocycles. The van der Waals surface area contributed by atoms with Crippen LogP contribution in [0.3, 0.4) is 0 Å². The fraction of sp³-hybridized carbons (Fsp3) is 0.222. The molecule has 0 spiro atoms. The van der Waals surface area contributed by atoms with E-state index in [1.54, 1.807) is 42.5 Å². The average Bonchev–Trinajstić information content (AvgIpc) is 2.60. The number of ether oxygens (including phenoxy) is 2. The third-order valence-corrected chi connectivity index (χ3v) is 3.82. The van der Waals surface area contributed by atoms with Crippen LogP contribution in [0.5, 0.6) is 11.5 Å². The molecule has 0 unspecified atom stereocenters. The molecule has 2 aromatic carbocycles. The summed E-state index contributed by atoms with van der Waals surface area (Å²) in [5.74, 6) is 0.950. The van der Waals surface area contributed by atoms with Gasteiger partial charge in [0.1, 0.15) is 13.2 Å². The lowest BCUT2D eigenvalue weighted by Crippen LogP contribution is -2.16. The van der Waals surface area contributed by atoms with Gasteiger partial charge in [-0.05, 0) is 36.4 Å². The molecular formula is C18H16ClNO4. The van der Waals surface area contributed by atoms with Gasteiger partial charge in [0.25, 0.3) is 0 Å². The molecule has 2 aromatic rings. The van der Waals surface area contributed by atoms with E-state index in [4.69, 9.17) is 21.1 Å². The highest BCUT2D eigenvalue weighted by atomic mass is 35.5. The highest BCUT2D eigenvalue weighted by Crippen LogP contribution is 2.32. The number of carbonyl (C=O) groups is 2. The van der Waals surface area contributed by atoms with Crippen molar-refractivity contribution in [1.82, 2.24) is 0 Å². The monoisotopic (exact) mass is 345 g/mol. The first-order valence-electron chi connectivity index (χ1n) is 7.60. The van der Waals surface area contributed by atoms with Crippen molar-refractivity contribution < 1.29 is 19.1 Å². The van der Waals surface area contributed by atoms with E-state index >= 15 is 0 Å². The van der Waals surface area contributed by atoms with Gasteiger partial charge in [-0.2, -0.15) is 0 Å². The lowest BCUT2D eigenvalue weighted by molar-refractivity contribution is -0.116. The first-order valence-corrected chi connectivity index (χ1v) is 7.98.